The molecule has 3 heterocycles. The Labute approximate surface area is 294 Å². The molecule has 0 saturated heterocycles. The highest BCUT2D eigenvalue weighted by atomic mass is 15.0. The molecule has 51 heavy (non-hydrogen) atoms. The highest BCUT2D eigenvalue weighted by Gasteiger charge is 2.22. The fraction of sp³-hybridized carbons (Fsp3) is 0. The summed E-state index contributed by atoms with van der Waals surface area (Å²) in [5.74, 6) is 0. The van der Waals surface area contributed by atoms with Gasteiger partial charge in [0.15, 0.2) is 0 Å². The molecule has 11 aromatic rings. The molecule has 0 aliphatic carbocycles. The molecule has 0 N–H and O–H groups in total. The average Bonchev–Trinajstić information content (AvgIpc) is 3.84. The number of benzene rings is 8. The zero-order valence-corrected chi connectivity index (χ0v) is 27.7. The maximum Gasteiger partial charge on any atom is 0.0641 e. The molecule has 0 atom stereocenters. The van der Waals surface area contributed by atoms with Gasteiger partial charge in [0.1, 0.15) is 0 Å². The van der Waals surface area contributed by atoms with Gasteiger partial charge in [-0.25, -0.2) is 0 Å². The van der Waals surface area contributed by atoms with E-state index in [9.17, 15) is 0 Å². The molecule has 238 valence electrons. The van der Waals surface area contributed by atoms with Crippen LogP contribution in [0.3, 0.4) is 0 Å². The lowest BCUT2D eigenvalue weighted by atomic mass is 10.1. The first-order valence-electron chi connectivity index (χ1n) is 17.5. The molecule has 0 aliphatic heterocycles. The van der Waals surface area contributed by atoms with Gasteiger partial charge in [0.05, 0.1) is 33.1 Å². The Kier molecular flexibility index (Phi) is 5.96. The van der Waals surface area contributed by atoms with E-state index >= 15 is 0 Å². The topological polar surface area (TPSA) is 14.8 Å². The second-order valence-electron chi connectivity index (χ2n) is 13.4. The Balaban J connectivity index is 1.23. The smallest absolute Gasteiger partial charge is 0.0641 e. The molecule has 0 bridgehead atoms. The third kappa shape index (κ3) is 4.06. The minimum absolute atomic E-state index is 1.15. The average molecular weight is 650 g/mol. The molecular weight excluding hydrogens is 619 g/mol. The van der Waals surface area contributed by atoms with Crippen molar-refractivity contribution in [2.45, 2.75) is 0 Å². The van der Waals surface area contributed by atoms with Gasteiger partial charge in [-0.15, -0.1) is 0 Å². The van der Waals surface area contributed by atoms with Crippen LogP contribution in [-0.2, 0) is 0 Å². The van der Waals surface area contributed by atoms with Gasteiger partial charge in [-0.2, -0.15) is 0 Å². The van der Waals surface area contributed by atoms with Crippen molar-refractivity contribution in [1.82, 2.24) is 13.7 Å². The van der Waals surface area contributed by atoms with Crippen LogP contribution >= 0.6 is 0 Å². The van der Waals surface area contributed by atoms with Crippen LogP contribution in [0.5, 0.6) is 0 Å². The van der Waals surface area contributed by atoms with Crippen LogP contribution in [0, 0.1) is 0 Å². The lowest BCUT2D eigenvalue weighted by molar-refractivity contribution is 1.16. The van der Waals surface area contributed by atoms with Crippen LogP contribution in [-0.4, -0.2) is 13.7 Å². The third-order valence-electron chi connectivity index (χ3n) is 10.6. The van der Waals surface area contributed by atoms with Gasteiger partial charge in [-0.3, -0.25) is 0 Å². The van der Waals surface area contributed by atoms with Gasteiger partial charge >= 0.3 is 0 Å². The Morgan fingerprint density at radius 1 is 0.255 bits per heavy atom. The molecule has 3 aromatic heterocycles. The van der Waals surface area contributed by atoms with E-state index in [1.807, 2.05) is 0 Å². The summed E-state index contributed by atoms with van der Waals surface area (Å²) >= 11 is 0. The predicted molar refractivity (Wildman–Crippen MR) is 215 cm³/mol. The molecule has 0 saturated carbocycles. The highest BCUT2D eigenvalue weighted by molar-refractivity contribution is 6.26. The maximum atomic E-state index is 2.49. The zero-order chi connectivity index (χ0) is 33.5. The fourth-order valence-electron chi connectivity index (χ4n) is 8.44. The molecule has 0 radical (unpaired) electrons. The Morgan fingerprint density at radius 2 is 0.725 bits per heavy atom. The molecular formula is C48H31N3. The zero-order valence-electron chi connectivity index (χ0n) is 27.7. The first-order chi connectivity index (χ1) is 25.3. The standard InChI is InChI=1S/C48H31N3/c1-3-13-32(14-4-1)33-23-25-35(26-24-33)49-44-22-12-9-19-41(44)47-45(49)30-29-40-39-28-27-36(31-46(39)51(48(40)47)34-15-5-2-6-16-34)50-42-20-10-7-17-37(42)38-18-8-11-21-43(38)50/h1-31H. The van der Waals surface area contributed by atoms with Crippen LogP contribution in [0.4, 0.5) is 0 Å². The van der Waals surface area contributed by atoms with Crippen molar-refractivity contribution >= 4 is 65.4 Å². The number of aromatic nitrogens is 3. The van der Waals surface area contributed by atoms with Gasteiger partial charge in [0.2, 0.25) is 0 Å². The van der Waals surface area contributed by atoms with Gasteiger partial charge in [0, 0.05) is 49.4 Å². The summed E-state index contributed by atoms with van der Waals surface area (Å²) < 4.78 is 7.33. The van der Waals surface area contributed by atoms with Crippen LogP contribution in [0.2, 0.25) is 0 Å². The third-order valence-corrected chi connectivity index (χ3v) is 10.6. The summed E-state index contributed by atoms with van der Waals surface area (Å²) in [6.45, 7) is 0. The van der Waals surface area contributed by atoms with Crippen LogP contribution in [0.15, 0.2) is 188 Å². The quantitative estimate of drug-likeness (QED) is 0.180. The van der Waals surface area contributed by atoms with E-state index in [0.29, 0.717) is 0 Å². The molecule has 8 aromatic carbocycles. The first kappa shape index (κ1) is 28.0. The van der Waals surface area contributed by atoms with E-state index in [4.69, 9.17) is 0 Å². The molecule has 0 unspecified atom stereocenters. The monoisotopic (exact) mass is 649 g/mol. The number of para-hydroxylation sites is 4. The Hall–Kier alpha value is -6.84. The van der Waals surface area contributed by atoms with E-state index in [1.54, 1.807) is 0 Å². The van der Waals surface area contributed by atoms with E-state index in [1.165, 1.54) is 76.5 Å². The van der Waals surface area contributed by atoms with E-state index in [2.05, 4.69) is 202 Å². The van der Waals surface area contributed by atoms with Gasteiger partial charge in [-0.05, 0) is 71.8 Å². The summed E-state index contributed by atoms with van der Waals surface area (Å²) in [6, 6.07) is 68.4. The molecule has 0 amide bonds. The largest absolute Gasteiger partial charge is 0.309 e. The van der Waals surface area contributed by atoms with Crippen LogP contribution in [0.25, 0.3) is 93.6 Å². The molecule has 11 rings (SSSR count). The lowest BCUT2D eigenvalue weighted by Crippen LogP contribution is -1.97. The Morgan fingerprint density at radius 3 is 1.41 bits per heavy atom. The van der Waals surface area contributed by atoms with Crippen molar-refractivity contribution in [3.63, 3.8) is 0 Å². The normalized spacial score (nSPS) is 11.9. The van der Waals surface area contributed by atoms with Crippen molar-refractivity contribution in [3.8, 4) is 28.2 Å². The molecule has 0 spiro atoms. The van der Waals surface area contributed by atoms with E-state index < -0.39 is 0 Å². The van der Waals surface area contributed by atoms with Crippen LogP contribution in [0.1, 0.15) is 0 Å². The molecule has 0 aliphatic rings. The predicted octanol–water partition coefficient (Wildman–Crippen LogP) is 12.6. The van der Waals surface area contributed by atoms with Crippen molar-refractivity contribution in [3.05, 3.63) is 188 Å². The number of rotatable bonds is 4. The van der Waals surface area contributed by atoms with Gasteiger partial charge in [0.25, 0.3) is 0 Å². The molecule has 0 fully saturated rings. The number of nitrogens with zero attached hydrogens (tertiary/aromatic N) is 3. The summed E-state index contributed by atoms with van der Waals surface area (Å²) in [5.41, 5.74) is 13.1. The number of hydrogen-bond acceptors (Lipinski definition) is 0. The second kappa shape index (κ2) is 10.8. The summed E-state index contributed by atoms with van der Waals surface area (Å²) in [6.07, 6.45) is 0. The summed E-state index contributed by atoms with van der Waals surface area (Å²) in [4.78, 5) is 0. The SMILES string of the molecule is c1ccc(-c2ccc(-n3c4ccccc4c4c3ccc3c5ccc(-n6c7ccccc7c7ccccc76)cc5n(-c5ccccc5)c34)cc2)cc1. The highest BCUT2D eigenvalue weighted by Crippen LogP contribution is 2.43. The minimum atomic E-state index is 1.15. The number of hydrogen-bond donors (Lipinski definition) is 0. The second-order valence-corrected chi connectivity index (χ2v) is 13.4. The minimum Gasteiger partial charge on any atom is -0.309 e. The lowest BCUT2D eigenvalue weighted by Gasteiger charge is -2.12. The fourth-order valence-corrected chi connectivity index (χ4v) is 8.44. The Bertz CT molecular complexity index is 3050. The molecule has 3 heteroatoms. The van der Waals surface area contributed by atoms with Crippen molar-refractivity contribution < 1.29 is 0 Å². The van der Waals surface area contributed by atoms with E-state index in [0.717, 1.165) is 17.1 Å². The van der Waals surface area contributed by atoms with Gasteiger partial charge < -0.3 is 13.7 Å². The summed E-state index contributed by atoms with van der Waals surface area (Å²) in [7, 11) is 0. The number of fused-ring (bicyclic) bond motifs is 10. The van der Waals surface area contributed by atoms with Crippen molar-refractivity contribution in [2.24, 2.45) is 0 Å². The first-order valence-corrected chi connectivity index (χ1v) is 17.5. The van der Waals surface area contributed by atoms with E-state index in [-0.39, 0.29) is 0 Å². The van der Waals surface area contributed by atoms with Gasteiger partial charge in [-0.1, -0.05) is 127 Å². The summed E-state index contributed by atoms with van der Waals surface area (Å²) in [5, 5.41) is 7.52. The van der Waals surface area contributed by atoms with Crippen molar-refractivity contribution in [2.75, 3.05) is 0 Å². The van der Waals surface area contributed by atoms with Crippen LogP contribution < -0.4 is 0 Å². The van der Waals surface area contributed by atoms with Crippen molar-refractivity contribution in [1.29, 1.82) is 0 Å². The maximum absolute atomic E-state index is 2.49. The molecule has 3 nitrogen and oxygen atoms in total.